The van der Waals surface area contributed by atoms with Crippen LogP contribution in [0.3, 0.4) is 0 Å². The van der Waals surface area contributed by atoms with E-state index in [1.807, 2.05) is 0 Å². The Balaban J connectivity index is 1.97. The highest BCUT2D eigenvalue weighted by Crippen LogP contribution is 2.22. The van der Waals surface area contributed by atoms with Gasteiger partial charge in [-0.1, -0.05) is 22.4 Å². The summed E-state index contributed by atoms with van der Waals surface area (Å²) in [4.78, 5) is 7.10. The summed E-state index contributed by atoms with van der Waals surface area (Å²) in [5, 5.41) is 4.50. The fourth-order valence-electron chi connectivity index (χ4n) is 2.09. The molecule has 15 heavy (non-hydrogen) atoms. The van der Waals surface area contributed by atoms with Gasteiger partial charge in [-0.15, -0.1) is 11.3 Å². The molecule has 0 aromatic carbocycles. The molecule has 2 heterocycles. The highest BCUT2D eigenvalue weighted by atomic mass is 79.9. The van der Waals surface area contributed by atoms with Crippen LogP contribution in [0.15, 0.2) is 5.38 Å². The maximum Gasteiger partial charge on any atom is 0.107 e. The molecule has 1 aromatic heterocycles. The Morgan fingerprint density at radius 1 is 1.60 bits per heavy atom. The minimum atomic E-state index is 0.711. The Bertz CT molecular complexity index is 313. The van der Waals surface area contributed by atoms with Crippen LogP contribution in [0, 0.1) is 6.92 Å². The zero-order chi connectivity index (χ0) is 10.7. The molecule has 0 radical (unpaired) electrons. The molecular weight excluding hydrogens is 272 g/mol. The summed E-state index contributed by atoms with van der Waals surface area (Å²) in [6.45, 7) is 4.34. The van der Waals surface area contributed by atoms with Crippen LogP contribution < -0.4 is 0 Å². The first-order chi connectivity index (χ1) is 7.29. The summed E-state index contributed by atoms with van der Waals surface area (Å²) >= 11 is 5.40. The first kappa shape index (κ1) is 11.6. The normalized spacial score (nSPS) is 23.2. The number of aryl methyl sites for hydroxylation is 1. The van der Waals surface area contributed by atoms with Crippen molar-refractivity contribution in [3.63, 3.8) is 0 Å². The van der Waals surface area contributed by atoms with E-state index in [1.165, 1.54) is 30.8 Å². The largest absolute Gasteiger partial charge is 0.293 e. The van der Waals surface area contributed by atoms with Crippen molar-refractivity contribution in [2.24, 2.45) is 0 Å². The van der Waals surface area contributed by atoms with E-state index in [0.29, 0.717) is 6.04 Å². The number of hydrogen-bond donors (Lipinski definition) is 0. The molecule has 84 valence electrons. The van der Waals surface area contributed by atoms with E-state index in [4.69, 9.17) is 0 Å². The zero-order valence-electron chi connectivity index (χ0n) is 9.08. The van der Waals surface area contributed by atoms with Crippen molar-refractivity contribution in [3.05, 3.63) is 16.1 Å². The molecular formula is C11H17BrN2S. The third kappa shape index (κ3) is 3.02. The highest BCUT2D eigenvalue weighted by Gasteiger charge is 2.21. The average Bonchev–Trinajstić information content (AvgIpc) is 2.65. The van der Waals surface area contributed by atoms with Gasteiger partial charge in [0.15, 0.2) is 0 Å². The number of halogens is 1. The Hall–Kier alpha value is 0.0700. The first-order valence-corrected chi connectivity index (χ1v) is 7.50. The van der Waals surface area contributed by atoms with Crippen molar-refractivity contribution in [3.8, 4) is 0 Å². The SMILES string of the molecule is Cc1csc(CN2CCCCC2CBr)n1. The van der Waals surface area contributed by atoms with Crippen molar-refractivity contribution in [2.45, 2.75) is 38.8 Å². The summed E-state index contributed by atoms with van der Waals surface area (Å²) in [7, 11) is 0. The number of likely N-dealkylation sites (tertiary alicyclic amines) is 1. The van der Waals surface area contributed by atoms with Crippen molar-refractivity contribution in [2.75, 3.05) is 11.9 Å². The molecule has 1 unspecified atom stereocenters. The summed E-state index contributed by atoms with van der Waals surface area (Å²) < 4.78 is 0. The van der Waals surface area contributed by atoms with Gasteiger partial charge in [0.1, 0.15) is 5.01 Å². The van der Waals surface area contributed by atoms with Crippen LogP contribution >= 0.6 is 27.3 Å². The lowest BCUT2D eigenvalue weighted by Gasteiger charge is -2.33. The van der Waals surface area contributed by atoms with Gasteiger partial charge in [0.25, 0.3) is 0 Å². The second-order valence-corrected chi connectivity index (χ2v) is 5.75. The number of rotatable bonds is 3. The molecule has 1 aliphatic rings. The van der Waals surface area contributed by atoms with E-state index in [-0.39, 0.29) is 0 Å². The Morgan fingerprint density at radius 3 is 3.13 bits per heavy atom. The molecule has 0 spiro atoms. The Morgan fingerprint density at radius 2 is 2.47 bits per heavy atom. The molecule has 2 rings (SSSR count). The van der Waals surface area contributed by atoms with Crippen molar-refractivity contribution < 1.29 is 0 Å². The van der Waals surface area contributed by atoms with Crippen LogP contribution in [0.1, 0.15) is 30.0 Å². The van der Waals surface area contributed by atoms with E-state index in [0.717, 1.165) is 17.6 Å². The first-order valence-electron chi connectivity index (χ1n) is 5.50. The van der Waals surface area contributed by atoms with Crippen LogP contribution in [-0.2, 0) is 6.54 Å². The Labute approximate surface area is 104 Å². The monoisotopic (exact) mass is 288 g/mol. The van der Waals surface area contributed by atoms with Gasteiger partial charge in [-0.25, -0.2) is 4.98 Å². The molecule has 0 aliphatic carbocycles. The van der Waals surface area contributed by atoms with Crippen molar-refractivity contribution >= 4 is 27.3 Å². The fraction of sp³-hybridized carbons (Fsp3) is 0.727. The summed E-state index contributed by atoms with van der Waals surface area (Å²) in [6.07, 6.45) is 4.05. The third-order valence-electron chi connectivity index (χ3n) is 2.93. The van der Waals surface area contributed by atoms with Gasteiger partial charge < -0.3 is 0 Å². The average molecular weight is 289 g/mol. The van der Waals surface area contributed by atoms with Crippen LogP contribution in [0.2, 0.25) is 0 Å². The fourth-order valence-corrected chi connectivity index (χ4v) is 3.62. The number of aromatic nitrogens is 1. The minimum Gasteiger partial charge on any atom is -0.293 e. The molecule has 0 saturated carbocycles. The minimum absolute atomic E-state index is 0.711. The topological polar surface area (TPSA) is 16.1 Å². The van der Waals surface area contributed by atoms with E-state index >= 15 is 0 Å². The standard InChI is InChI=1S/C11H17BrN2S/c1-9-8-15-11(13-9)7-14-5-3-2-4-10(14)6-12/h8,10H,2-7H2,1H3. The van der Waals surface area contributed by atoms with Gasteiger partial charge in [-0.2, -0.15) is 0 Å². The number of alkyl halides is 1. The highest BCUT2D eigenvalue weighted by molar-refractivity contribution is 9.09. The number of hydrogen-bond acceptors (Lipinski definition) is 3. The van der Waals surface area contributed by atoms with E-state index < -0.39 is 0 Å². The van der Waals surface area contributed by atoms with Gasteiger partial charge in [0.05, 0.1) is 6.54 Å². The molecule has 0 amide bonds. The van der Waals surface area contributed by atoms with Gasteiger partial charge in [0, 0.05) is 22.4 Å². The third-order valence-corrected chi connectivity index (χ3v) is 4.63. The number of nitrogens with zero attached hydrogens (tertiary/aromatic N) is 2. The molecule has 1 atom stereocenters. The molecule has 2 nitrogen and oxygen atoms in total. The lowest BCUT2D eigenvalue weighted by atomic mass is 10.0. The predicted molar refractivity (Wildman–Crippen MR) is 68.7 cm³/mol. The molecule has 1 aliphatic heterocycles. The summed E-state index contributed by atoms with van der Waals surface area (Å²) in [6, 6.07) is 0.711. The molecule has 4 heteroatoms. The second kappa shape index (κ2) is 5.41. The van der Waals surface area contributed by atoms with Crippen LogP contribution in [0.4, 0.5) is 0 Å². The molecule has 1 saturated heterocycles. The van der Waals surface area contributed by atoms with Gasteiger partial charge in [-0.3, -0.25) is 4.90 Å². The Kier molecular flexibility index (Phi) is 4.17. The number of thiazole rings is 1. The lowest BCUT2D eigenvalue weighted by Crippen LogP contribution is -2.39. The maximum atomic E-state index is 4.54. The maximum absolute atomic E-state index is 4.54. The van der Waals surface area contributed by atoms with Crippen molar-refractivity contribution in [1.29, 1.82) is 0 Å². The van der Waals surface area contributed by atoms with E-state index in [2.05, 4.69) is 38.1 Å². The van der Waals surface area contributed by atoms with Crippen LogP contribution in [0.5, 0.6) is 0 Å². The molecule has 0 bridgehead atoms. The quantitative estimate of drug-likeness (QED) is 0.794. The van der Waals surface area contributed by atoms with Gasteiger partial charge in [-0.05, 0) is 26.3 Å². The molecule has 1 fully saturated rings. The molecule has 1 aromatic rings. The van der Waals surface area contributed by atoms with Crippen molar-refractivity contribution in [1.82, 2.24) is 9.88 Å². The zero-order valence-corrected chi connectivity index (χ0v) is 11.5. The van der Waals surface area contributed by atoms with E-state index in [9.17, 15) is 0 Å². The summed E-state index contributed by atoms with van der Waals surface area (Å²) in [5.41, 5.74) is 1.16. The van der Waals surface area contributed by atoms with Gasteiger partial charge >= 0.3 is 0 Å². The smallest absolute Gasteiger partial charge is 0.107 e. The molecule has 0 N–H and O–H groups in total. The second-order valence-electron chi connectivity index (χ2n) is 4.16. The summed E-state index contributed by atoms with van der Waals surface area (Å²) in [5.74, 6) is 0. The van der Waals surface area contributed by atoms with Gasteiger partial charge in [0.2, 0.25) is 0 Å². The predicted octanol–water partition coefficient (Wildman–Crippen LogP) is 3.20. The van der Waals surface area contributed by atoms with Crippen LogP contribution in [-0.4, -0.2) is 27.8 Å². The number of piperidine rings is 1. The lowest BCUT2D eigenvalue weighted by molar-refractivity contribution is 0.156. The van der Waals surface area contributed by atoms with Crippen LogP contribution in [0.25, 0.3) is 0 Å². The van der Waals surface area contributed by atoms with E-state index in [1.54, 1.807) is 11.3 Å².